The van der Waals surface area contributed by atoms with Crippen LogP contribution in [0, 0.1) is 22.5 Å². The quantitative estimate of drug-likeness (QED) is 0.574. The predicted molar refractivity (Wildman–Crippen MR) is 104 cm³/mol. The molecule has 2 heterocycles. The van der Waals surface area contributed by atoms with Crippen LogP contribution in [0.1, 0.15) is 45.6 Å². The minimum Gasteiger partial charge on any atom is -0.444 e. The third kappa shape index (κ3) is 4.34. The lowest BCUT2D eigenvalue weighted by Crippen LogP contribution is -2.46. The minimum atomic E-state index is -0.476. The number of likely N-dealkylation sites (tertiary alicyclic amines) is 1. The van der Waals surface area contributed by atoms with E-state index in [0.29, 0.717) is 18.7 Å². The fourth-order valence-corrected chi connectivity index (χ4v) is 4.04. The van der Waals surface area contributed by atoms with Gasteiger partial charge in [0, 0.05) is 43.5 Å². The summed E-state index contributed by atoms with van der Waals surface area (Å²) in [6.45, 7) is 10.6. The minimum absolute atomic E-state index is 0.174. The molecule has 0 aliphatic carbocycles. The van der Waals surface area contributed by atoms with E-state index in [9.17, 15) is 14.9 Å². The van der Waals surface area contributed by atoms with Crippen LogP contribution in [0.3, 0.4) is 0 Å². The smallest absolute Gasteiger partial charge is 0.410 e. The number of nitrogens with zero attached hydrogens (tertiary/aromatic N) is 3. The number of ether oxygens (including phenoxy) is 1. The van der Waals surface area contributed by atoms with Crippen LogP contribution < -0.4 is 4.90 Å². The van der Waals surface area contributed by atoms with E-state index in [1.165, 1.54) is 0 Å². The van der Waals surface area contributed by atoms with Crippen LogP contribution in [0.5, 0.6) is 0 Å². The molecule has 7 nitrogen and oxygen atoms in total. The van der Waals surface area contributed by atoms with Crippen molar-refractivity contribution < 1.29 is 14.5 Å². The van der Waals surface area contributed by atoms with E-state index < -0.39 is 5.60 Å². The summed E-state index contributed by atoms with van der Waals surface area (Å²) < 4.78 is 5.48. The zero-order valence-corrected chi connectivity index (χ0v) is 16.7. The number of piperidine rings is 1. The number of nitro groups is 1. The van der Waals surface area contributed by atoms with Gasteiger partial charge in [0.05, 0.1) is 4.92 Å². The SMILES string of the molecule is Cc1ccc(N2CCC3(CCN(C(=O)OC(C)(C)C)CC3)C2)cc1[N+](=O)[O-]. The Balaban J connectivity index is 1.63. The zero-order chi connectivity index (χ0) is 19.8. The van der Waals surface area contributed by atoms with E-state index in [-0.39, 0.29) is 22.1 Å². The van der Waals surface area contributed by atoms with Gasteiger partial charge in [-0.25, -0.2) is 4.79 Å². The van der Waals surface area contributed by atoms with Crippen LogP contribution in [0.15, 0.2) is 18.2 Å². The topological polar surface area (TPSA) is 75.9 Å². The van der Waals surface area contributed by atoms with Gasteiger partial charge in [0.15, 0.2) is 0 Å². The second kappa shape index (κ2) is 7.02. The molecule has 27 heavy (non-hydrogen) atoms. The molecule has 0 N–H and O–H groups in total. The zero-order valence-electron chi connectivity index (χ0n) is 16.7. The van der Waals surface area contributed by atoms with Crippen molar-refractivity contribution in [3.63, 3.8) is 0 Å². The van der Waals surface area contributed by atoms with Gasteiger partial charge in [0.2, 0.25) is 0 Å². The molecule has 0 aromatic heterocycles. The Bertz CT molecular complexity index is 733. The van der Waals surface area contributed by atoms with Crippen molar-refractivity contribution in [3.8, 4) is 0 Å². The molecule has 3 rings (SSSR count). The first-order valence-electron chi connectivity index (χ1n) is 9.57. The molecule has 0 radical (unpaired) electrons. The Hall–Kier alpha value is -2.31. The third-order valence-electron chi connectivity index (χ3n) is 5.67. The van der Waals surface area contributed by atoms with Crippen LogP contribution in [-0.4, -0.2) is 47.7 Å². The van der Waals surface area contributed by atoms with Crippen molar-refractivity contribution in [2.75, 3.05) is 31.1 Å². The first-order valence-corrected chi connectivity index (χ1v) is 9.57. The molecule has 1 aromatic carbocycles. The summed E-state index contributed by atoms with van der Waals surface area (Å²) >= 11 is 0. The normalized spacial score (nSPS) is 19.4. The highest BCUT2D eigenvalue weighted by Crippen LogP contribution is 2.42. The molecule has 2 aliphatic rings. The number of hydrogen-bond acceptors (Lipinski definition) is 5. The molecule has 2 fully saturated rings. The van der Waals surface area contributed by atoms with Crippen molar-refractivity contribution in [3.05, 3.63) is 33.9 Å². The largest absolute Gasteiger partial charge is 0.444 e. The number of nitro benzene ring substituents is 1. The predicted octanol–water partition coefficient (Wildman–Crippen LogP) is 4.13. The van der Waals surface area contributed by atoms with Crippen molar-refractivity contribution >= 4 is 17.5 Å². The van der Waals surface area contributed by atoms with Crippen molar-refractivity contribution in [2.45, 2.75) is 52.6 Å². The third-order valence-corrected chi connectivity index (χ3v) is 5.67. The summed E-state index contributed by atoms with van der Waals surface area (Å²) in [5, 5.41) is 11.2. The molecule has 7 heteroatoms. The molecule has 1 spiro atoms. The van der Waals surface area contributed by atoms with E-state index in [1.807, 2.05) is 32.9 Å². The van der Waals surface area contributed by atoms with Gasteiger partial charge >= 0.3 is 6.09 Å². The van der Waals surface area contributed by atoms with E-state index in [2.05, 4.69) is 4.90 Å². The molecule has 2 saturated heterocycles. The van der Waals surface area contributed by atoms with Crippen LogP contribution >= 0.6 is 0 Å². The fraction of sp³-hybridized carbons (Fsp3) is 0.650. The summed E-state index contributed by atoms with van der Waals surface area (Å²) in [5.41, 5.74) is 1.48. The first-order chi connectivity index (χ1) is 12.6. The fourth-order valence-electron chi connectivity index (χ4n) is 4.04. The number of carbonyl (C=O) groups is 1. The summed E-state index contributed by atoms with van der Waals surface area (Å²) in [7, 11) is 0. The number of benzene rings is 1. The number of hydrogen-bond donors (Lipinski definition) is 0. The highest BCUT2D eigenvalue weighted by Gasteiger charge is 2.42. The van der Waals surface area contributed by atoms with Gasteiger partial charge < -0.3 is 14.5 Å². The highest BCUT2D eigenvalue weighted by molar-refractivity contribution is 5.68. The lowest BCUT2D eigenvalue weighted by molar-refractivity contribution is -0.385. The summed E-state index contributed by atoms with van der Waals surface area (Å²) in [5.74, 6) is 0. The monoisotopic (exact) mass is 375 g/mol. The Kier molecular flexibility index (Phi) is 5.06. The summed E-state index contributed by atoms with van der Waals surface area (Å²) in [4.78, 5) is 27.2. The molecule has 0 atom stereocenters. The van der Waals surface area contributed by atoms with Gasteiger partial charge in [0.25, 0.3) is 5.69 Å². The van der Waals surface area contributed by atoms with E-state index in [1.54, 1.807) is 17.9 Å². The van der Waals surface area contributed by atoms with Gasteiger partial charge in [0.1, 0.15) is 5.60 Å². The molecule has 0 saturated carbocycles. The number of rotatable bonds is 2. The van der Waals surface area contributed by atoms with Crippen LogP contribution in [0.4, 0.5) is 16.2 Å². The van der Waals surface area contributed by atoms with Gasteiger partial charge in [-0.1, -0.05) is 6.07 Å². The van der Waals surface area contributed by atoms with Crippen molar-refractivity contribution in [1.29, 1.82) is 0 Å². The van der Waals surface area contributed by atoms with E-state index >= 15 is 0 Å². The Labute approximate surface area is 160 Å². The molecule has 148 valence electrons. The van der Waals surface area contributed by atoms with Crippen LogP contribution in [-0.2, 0) is 4.74 Å². The van der Waals surface area contributed by atoms with Crippen molar-refractivity contribution in [2.24, 2.45) is 5.41 Å². The average molecular weight is 375 g/mol. The molecular weight excluding hydrogens is 346 g/mol. The average Bonchev–Trinajstić information content (AvgIpc) is 2.98. The second-order valence-electron chi connectivity index (χ2n) is 8.87. The van der Waals surface area contributed by atoms with Gasteiger partial charge in [-0.2, -0.15) is 0 Å². The Morgan fingerprint density at radius 3 is 2.41 bits per heavy atom. The standard InChI is InChI=1S/C20H29N3O4/c1-15-5-6-16(13-17(15)23(25)26)22-12-9-20(14-22)7-10-21(11-8-20)18(24)27-19(2,3)4/h5-6,13H,7-12,14H2,1-4H3. The lowest BCUT2D eigenvalue weighted by atomic mass is 9.78. The maximum absolute atomic E-state index is 12.3. The number of amides is 1. The van der Waals surface area contributed by atoms with E-state index in [0.717, 1.165) is 38.0 Å². The highest BCUT2D eigenvalue weighted by atomic mass is 16.6. The second-order valence-corrected chi connectivity index (χ2v) is 8.87. The van der Waals surface area contributed by atoms with Gasteiger partial charge in [-0.3, -0.25) is 10.1 Å². The van der Waals surface area contributed by atoms with Crippen molar-refractivity contribution in [1.82, 2.24) is 4.90 Å². The van der Waals surface area contributed by atoms with Gasteiger partial charge in [-0.15, -0.1) is 0 Å². The maximum Gasteiger partial charge on any atom is 0.410 e. The first kappa shape index (κ1) is 19.5. The molecule has 0 bridgehead atoms. The molecular formula is C20H29N3O4. The Morgan fingerprint density at radius 2 is 1.81 bits per heavy atom. The Morgan fingerprint density at radius 1 is 1.19 bits per heavy atom. The summed E-state index contributed by atoms with van der Waals surface area (Å²) in [6, 6.07) is 5.48. The molecule has 2 aliphatic heterocycles. The number of anilines is 1. The number of carbonyl (C=O) groups excluding carboxylic acids is 1. The number of aryl methyl sites for hydroxylation is 1. The van der Waals surface area contributed by atoms with Crippen LogP contribution in [0.2, 0.25) is 0 Å². The van der Waals surface area contributed by atoms with Gasteiger partial charge in [-0.05, 0) is 58.4 Å². The maximum atomic E-state index is 12.3. The lowest BCUT2D eigenvalue weighted by Gasteiger charge is -2.39. The molecule has 0 unspecified atom stereocenters. The summed E-state index contributed by atoms with van der Waals surface area (Å²) in [6.07, 6.45) is 2.70. The molecule has 1 amide bonds. The van der Waals surface area contributed by atoms with Crippen LogP contribution in [0.25, 0.3) is 0 Å². The van der Waals surface area contributed by atoms with E-state index in [4.69, 9.17) is 4.74 Å². The molecule has 1 aromatic rings.